The second kappa shape index (κ2) is 4.11. The highest BCUT2D eigenvalue weighted by molar-refractivity contribution is 7.99. The van der Waals surface area contributed by atoms with Crippen molar-refractivity contribution in [2.24, 2.45) is 5.92 Å². The molecule has 0 spiro atoms. The van der Waals surface area contributed by atoms with E-state index in [1.807, 2.05) is 11.8 Å². The molecule has 1 aliphatic carbocycles. The first-order valence-corrected chi connectivity index (χ1v) is 7.26. The van der Waals surface area contributed by atoms with Crippen molar-refractivity contribution in [1.82, 2.24) is 5.32 Å². The van der Waals surface area contributed by atoms with Crippen molar-refractivity contribution in [3.05, 3.63) is 23.7 Å². The van der Waals surface area contributed by atoms with Gasteiger partial charge in [-0.25, -0.2) is 0 Å². The molecule has 2 aliphatic rings. The lowest BCUT2D eigenvalue weighted by atomic mass is 10.2. The van der Waals surface area contributed by atoms with E-state index in [0.717, 1.165) is 11.7 Å². The normalized spacial score (nSPS) is 38.6. The zero-order valence-electron chi connectivity index (χ0n) is 9.90. The predicted molar refractivity (Wildman–Crippen MR) is 67.6 cm³/mol. The molecular weight excluding hydrogens is 218 g/mol. The first-order chi connectivity index (χ1) is 7.74. The summed E-state index contributed by atoms with van der Waals surface area (Å²) in [4.78, 5) is 0. The zero-order chi connectivity index (χ0) is 11.1. The number of furan rings is 1. The third-order valence-electron chi connectivity index (χ3n) is 3.65. The summed E-state index contributed by atoms with van der Waals surface area (Å²) in [6.45, 7) is 4.54. The van der Waals surface area contributed by atoms with Crippen LogP contribution in [0.25, 0.3) is 0 Å². The maximum atomic E-state index is 5.98. The van der Waals surface area contributed by atoms with E-state index in [9.17, 15) is 0 Å². The second-order valence-electron chi connectivity index (χ2n) is 5.17. The molecule has 3 heteroatoms. The van der Waals surface area contributed by atoms with Crippen molar-refractivity contribution >= 4 is 11.8 Å². The quantitative estimate of drug-likeness (QED) is 0.852. The number of rotatable bonds is 2. The van der Waals surface area contributed by atoms with E-state index < -0.39 is 0 Å². The van der Waals surface area contributed by atoms with Crippen LogP contribution in [0.2, 0.25) is 0 Å². The number of hydrogen-bond donors (Lipinski definition) is 1. The van der Waals surface area contributed by atoms with Crippen LogP contribution in [0.4, 0.5) is 0 Å². The van der Waals surface area contributed by atoms with Gasteiger partial charge in [0.1, 0.15) is 16.9 Å². The Balaban J connectivity index is 1.71. The van der Waals surface area contributed by atoms with Crippen molar-refractivity contribution in [3.63, 3.8) is 0 Å². The Bertz CT molecular complexity index is 376. The van der Waals surface area contributed by atoms with Crippen LogP contribution in [-0.4, -0.2) is 11.8 Å². The Labute approximate surface area is 101 Å². The molecule has 0 radical (unpaired) electrons. The molecule has 1 N–H and O–H groups in total. The summed E-state index contributed by atoms with van der Waals surface area (Å²) in [5.74, 6) is 5.06. The van der Waals surface area contributed by atoms with Gasteiger partial charge in [-0.2, -0.15) is 0 Å². The van der Waals surface area contributed by atoms with Crippen LogP contribution in [0.1, 0.15) is 49.5 Å². The van der Waals surface area contributed by atoms with E-state index in [1.165, 1.54) is 24.4 Å². The van der Waals surface area contributed by atoms with E-state index >= 15 is 0 Å². The van der Waals surface area contributed by atoms with Crippen molar-refractivity contribution in [3.8, 4) is 0 Å². The zero-order valence-corrected chi connectivity index (χ0v) is 10.7. The highest BCUT2D eigenvalue weighted by Gasteiger charge is 2.37. The predicted octanol–water partition coefficient (Wildman–Crippen LogP) is 3.52. The van der Waals surface area contributed by atoms with Crippen LogP contribution in [0.15, 0.2) is 16.5 Å². The first-order valence-electron chi connectivity index (χ1n) is 6.21. The molecule has 3 rings (SSSR count). The summed E-state index contributed by atoms with van der Waals surface area (Å²) in [6.07, 6.45) is 2.56. The van der Waals surface area contributed by atoms with Gasteiger partial charge in [0.2, 0.25) is 0 Å². The fourth-order valence-electron chi connectivity index (χ4n) is 2.34. The molecule has 2 fully saturated rings. The van der Waals surface area contributed by atoms with Crippen molar-refractivity contribution < 1.29 is 4.42 Å². The SMILES string of the molecule is CC1CCSC(c2ccc(C3CC3C)o2)N1. The van der Waals surface area contributed by atoms with Gasteiger partial charge in [-0.15, -0.1) is 11.8 Å². The Morgan fingerprint density at radius 2 is 2.06 bits per heavy atom. The maximum absolute atomic E-state index is 5.98. The molecule has 88 valence electrons. The maximum Gasteiger partial charge on any atom is 0.131 e. The third-order valence-corrected chi connectivity index (χ3v) is 4.83. The molecule has 2 nitrogen and oxygen atoms in total. The van der Waals surface area contributed by atoms with Gasteiger partial charge in [0, 0.05) is 12.0 Å². The fourth-order valence-corrected chi connectivity index (χ4v) is 3.69. The monoisotopic (exact) mass is 237 g/mol. The topological polar surface area (TPSA) is 25.2 Å². The van der Waals surface area contributed by atoms with Gasteiger partial charge < -0.3 is 4.42 Å². The number of hydrogen-bond acceptors (Lipinski definition) is 3. The van der Waals surface area contributed by atoms with Crippen LogP contribution in [0.3, 0.4) is 0 Å². The minimum absolute atomic E-state index is 0.367. The summed E-state index contributed by atoms with van der Waals surface area (Å²) in [5.41, 5.74) is 0. The highest BCUT2D eigenvalue weighted by atomic mass is 32.2. The second-order valence-corrected chi connectivity index (χ2v) is 6.38. The summed E-state index contributed by atoms with van der Waals surface area (Å²) in [7, 11) is 0. The lowest BCUT2D eigenvalue weighted by Crippen LogP contribution is -2.33. The van der Waals surface area contributed by atoms with Gasteiger partial charge in [-0.05, 0) is 43.6 Å². The average molecular weight is 237 g/mol. The molecule has 0 aromatic carbocycles. The molecule has 4 unspecified atom stereocenters. The molecule has 1 aromatic heterocycles. The molecule has 1 aliphatic heterocycles. The summed E-state index contributed by atoms with van der Waals surface area (Å²) in [5, 5.41) is 3.95. The minimum atomic E-state index is 0.367. The molecule has 0 bridgehead atoms. The standard InChI is InChI=1S/C13H19NOS/c1-8-7-10(8)11-3-4-12(15-11)13-14-9(2)5-6-16-13/h3-4,8-10,13-14H,5-7H2,1-2H3. The Hall–Kier alpha value is -0.410. The summed E-state index contributed by atoms with van der Waals surface area (Å²) in [6, 6.07) is 4.94. The molecular formula is C13H19NOS. The van der Waals surface area contributed by atoms with Crippen LogP contribution < -0.4 is 5.32 Å². The largest absolute Gasteiger partial charge is 0.463 e. The molecule has 1 aromatic rings. The highest BCUT2D eigenvalue weighted by Crippen LogP contribution is 2.48. The van der Waals surface area contributed by atoms with Crippen LogP contribution in [0, 0.1) is 5.92 Å². The van der Waals surface area contributed by atoms with Gasteiger partial charge in [0.25, 0.3) is 0 Å². The molecule has 2 heterocycles. The molecule has 1 saturated carbocycles. The Morgan fingerprint density at radius 1 is 1.31 bits per heavy atom. The van der Waals surface area contributed by atoms with E-state index in [4.69, 9.17) is 4.42 Å². The number of thioether (sulfide) groups is 1. The summed E-state index contributed by atoms with van der Waals surface area (Å²) >= 11 is 1.96. The molecule has 4 atom stereocenters. The van der Waals surface area contributed by atoms with Gasteiger partial charge in [0.15, 0.2) is 0 Å². The van der Waals surface area contributed by atoms with Gasteiger partial charge in [-0.1, -0.05) is 6.92 Å². The van der Waals surface area contributed by atoms with Crippen LogP contribution in [-0.2, 0) is 0 Å². The third kappa shape index (κ3) is 2.03. The first kappa shape index (κ1) is 10.7. The number of nitrogens with one attached hydrogen (secondary N) is 1. The Morgan fingerprint density at radius 3 is 2.75 bits per heavy atom. The van der Waals surface area contributed by atoms with Crippen molar-refractivity contribution in [1.29, 1.82) is 0 Å². The minimum Gasteiger partial charge on any atom is -0.463 e. The smallest absolute Gasteiger partial charge is 0.131 e. The van der Waals surface area contributed by atoms with Gasteiger partial charge in [-0.3, -0.25) is 5.32 Å². The van der Waals surface area contributed by atoms with Crippen molar-refractivity contribution in [2.45, 2.75) is 44.0 Å². The molecule has 1 saturated heterocycles. The van der Waals surface area contributed by atoms with Gasteiger partial charge in [0.05, 0.1) is 0 Å². The van der Waals surface area contributed by atoms with E-state index in [0.29, 0.717) is 17.3 Å². The Kier molecular flexibility index (Phi) is 2.76. The molecule has 0 amide bonds. The lowest BCUT2D eigenvalue weighted by Gasteiger charge is -2.26. The van der Waals surface area contributed by atoms with Crippen LogP contribution >= 0.6 is 11.8 Å². The van der Waals surface area contributed by atoms with Gasteiger partial charge >= 0.3 is 0 Å². The summed E-state index contributed by atoms with van der Waals surface area (Å²) < 4.78 is 5.98. The van der Waals surface area contributed by atoms with E-state index in [1.54, 1.807) is 0 Å². The van der Waals surface area contributed by atoms with E-state index in [-0.39, 0.29) is 0 Å². The fraction of sp³-hybridized carbons (Fsp3) is 0.692. The lowest BCUT2D eigenvalue weighted by molar-refractivity contribution is 0.412. The molecule has 16 heavy (non-hydrogen) atoms. The van der Waals surface area contributed by atoms with E-state index in [2.05, 4.69) is 31.3 Å². The average Bonchev–Trinajstić information content (AvgIpc) is 2.81. The van der Waals surface area contributed by atoms with Crippen LogP contribution in [0.5, 0.6) is 0 Å². The van der Waals surface area contributed by atoms with Crippen molar-refractivity contribution in [2.75, 3.05) is 5.75 Å².